The van der Waals surface area contributed by atoms with Crippen molar-refractivity contribution in [2.75, 3.05) is 4.72 Å². The van der Waals surface area contributed by atoms with E-state index in [4.69, 9.17) is 22.0 Å². The lowest BCUT2D eigenvalue weighted by Crippen LogP contribution is -2.15. The van der Waals surface area contributed by atoms with E-state index in [9.17, 15) is 12.8 Å². The molecule has 0 aliphatic carbocycles. The Morgan fingerprint density at radius 1 is 1.32 bits per heavy atom. The Hall–Kier alpha value is -2.14. The number of hydrogen-bond donors (Lipinski definition) is 2. The van der Waals surface area contributed by atoms with Gasteiger partial charge in [0.15, 0.2) is 0 Å². The van der Waals surface area contributed by atoms with E-state index in [2.05, 4.69) is 4.72 Å². The molecule has 2 rings (SSSR count). The minimum absolute atomic E-state index is 0.0266. The maximum Gasteiger partial charge on any atom is 0.262 e. The highest BCUT2D eigenvalue weighted by atomic mass is 35.5. The van der Waals surface area contributed by atoms with Crippen molar-refractivity contribution in [3.8, 4) is 6.07 Å². The normalized spacial score (nSPS) is 11.0. The molecule has 5 nitrogen and oxygen atoms in total. The smallest absolute Gasteiger partial charge is 0.262 e. The van der Waals surface area contributed by atoms with E-state index in [1.54, 1.807) is 0 Å². The zero-order chi connectivity index (χ0) is 16.3. The number of anilines is 1. The second-order valence-electron chi connectivity index (χ2n) is 4.29. The molecule has 2 aromatic carbocycles. The Morgan fingerprint density at radius 2 is 2.05 bits per heavy atom. The van der Waals surface area contributed by atoms with Gasteiger partial charge in [0.25, 0.3) is 10.0 Å². The van der Waals surface area contributed by atoms with Crippen molar-refractivity contribution in [2.45, 2.75) is 11.5 Å². The van der Waals surface area contributed by atoms with Crippen LogP contribution in [0.3, 0.4) is 0 Å². The van der Waals surface area contributed by atoms with Crippen molar-refractivity contribution in [1.29, 1.82) is 5.26 Å². The molecule has 0 aliphatic heterocycles. The number of nitriles is 1. The van der Waals surface area contributed by atoms with Gasteiger partial charge < -0.3 is 5.11 Å². The van der Waals surface area contributed by atoms with Crippen molar-refractivity contribution in [2.24, 2.45) is 0 Å². The number of hydrogen-bond acceptors (Lipinski definition) is 4. The van der Waals surface area contributed by atoms with Crippen molar-refractivity contribution < 1.29 is 17.9 Å². The molecule has 2 N–H and O–H groups in total. The standard InChI is InChI=1S/C14H10ClFN2O3S/c15-12-6-11(5-4-9(12)7-17)22(20,21)18-14-10(8-19)2-1-3-13(14)16/h1-6,18-19H,8H2. The number of benzene rings is 2. The lowest BCUT2D eigenvalue weighted by atomic mass is 10.2. The molecule has 8 heteroatoms. The van der Waals surface area contributed by atoms with Crippen molar-refractivity contribution >= 4 is 27.3 Å². The number of aliphatic hydroxyl groups is 1. The fourth-order valence-corrected chi connectivity index (χ4v) is 3.18. The quantitative estimate of drug-likeness (QED) is 0.895. The third kappa shape index (κ3) is 3.20. The first-order chi connectivity index (χ1) is 10.4. The van der Waals surface area contributed by atoms with Crippen LogP contribution in [0.5, 0.6) is 0 Å². The third-order valence-electron chi connectivity index (χ3n) is 2.88. The summed E-state index contributed by atoms with van der Waals surface area (Å²) in [7, 11) is -4.11. The van der Waals surface area contributed by atoms with Crippen LogP contribution in [0.4, 0.5) is 10.1 Å². The van der Waals surface area contributed by atoms with Crippen LogP contribution in [-0.2, 0) is 16.6 Å². The van der Waals surface area contributed by atoms with Crippen LogP contribution in [0.1, 0.15) is 11.1 Å². The lowest BCUT2D eigenvalue weighted by molar-refractivity contribution is 0.282. The molecule has 0 radical (unpaired) electrons. The molecule has 114 valence electrons. The average Bonchev–Trinajstić information content (AvgIpc) is 2.49. The summed E-state index contributed by atoms with van der Waals surface area (Å²) in [5, 5.41) is 17.9. The zero-order valence-electron chi connectivity index (χ0n) is 11.0. The molecule has 2 aromatic rings. The molecular formula is C14H10ClFN2O3S. The second kappa shape index (κ2) is 6.32. The molecule has 0 spiro atoms. The summed E-state index contributed by atoms with van der Waals surface area (Å²) in [6.07, 6.45) is 0. The third-order valence-corrected chi connectivity index (χ3v) is 4.54. The van der Waals surface area contributed by atoms with E-state index >= 15 is 0 Å². The van der Waals surface area contributed by atoms with Gasteiger partial charge in [-0.2, -0.15) is 5.26 Å². The summed E-state index contributed by atoms with van der Waals surface area (Å²) in [6, 6.07) is 9.18. The second-order valence-corrected chi connectivity index (χ2v) is 6.38. The summed E-state index contributed by atoms with van der Waals surface area (Å²) in [6.45, 7) is -0.524. The minimum atomic E-state index is -4.11. The average molecular weight is 341 g/mol. The first-order valence-corrected chi connectivity index (χ1v) is 7.86. The number of aliphatic hydroxyl groups excluding tert-OH is 1. The summed E-state index contributed by atoms with van der Waals surface area (Å²) >= 11 is 5.80. The number of nitrogens with zero attached hydrogens (tertiary/aromatic N) is 1. The molecule has 0 atom stereocenters. The molecule has 0 bridgehead atoms. The summed E-state index contributed by atoms with van der Waals surface area (Å²) in [5.74, 6) is -0.810. The van der Waals surface area contributed by atoms with E-state index in [-0.39, 0.29) is 26.7 Å². The minimum Gasteiger partial charge on any atom is -0.392 e. The number of sulfonamides is 1. The Bertz CT molecular complexity index is 863. The van der Waals surface area contributed by atoms with Crippen LogP contribution in [0.15, 0.2) is 41.3 Å². The Kier molecular flexibility index (Phi) is 4.66. The summed E-state index contributed by atoms with van der Waals surface area (Å²) < 4.78 is 40.4. The van der Waals surface area contributed by atoms with E-state index in [1.165, 1.54) is 24.3 Å². The van der Waals surface area contributed by atoms with Crippen LogP contribution in [-0.4, -0.2) is 13.5 Å². The Balaban J connectivity index is 2.45. The predicted octanol–water partition coefficient (Wildman–Crippen LogP) is 2.64. The molecule has 22 heavy (non-hydrogen) atoms. The Labute approximate surface area is 131 Å². The van der Waals surface area contributed by atoms with Gasteiger partial charge in [0, 0.05) is 5.56 Å². The number of nitrogens with one attached hydrogen (secondary N) is 1. The maximum absolute atomic E-state index is 13.8. The predicted molar refractivity (Wildman–Crippen MR) is 79.3 cm³/mol. The van der Waals surface area contributed by atoms with Crippen LogP contribution >= 0.6 is 11.6 Å². The molecule has 0 heterocycles. The largest absolute Gasteiger partial charge is 0.392 e. The van der Waals surface area contributed by atoms with Gasteiger partial charge in [0.05, 0.1) is 27.8 Å². The van der Waals surface area contributed by atoms with Crippen molar-refractivity contribution in [3.05, 3.63) is 58.4 Å². The number of para-hydroxylation sites is 1. The van der Waals surface area contributed by atoms with Crippen LogP contribution in [0, 0.1) is 17.1 Å². The van der Waals surface area contributed by atoms with Crippen LogP contribution < -0.4 is 4.72 Å². The maximum atomic E-state index is 13.8. The summed E-state index contributed by atoms with van der Waals surface area (Å²) in [5.41, 5.74) is -0.101. The summed E-state index contributed by atoms with van der Waals surface area (Å²) in [4.78, 5) is -0.219. The molecule has 0 unspecified atom stereocenters. The number of rotatable bonds is 4. The van der Waals surface area contributed by atoms with Gasteiger partial charge in [-0.25, -0.2) is 12.8 Å². The van der Waals surface area contributed by atoms with Gasteiger partial charge in [-0.15, -0.1) is 0 Å². The fraction of sp³-hybridized carbons (Fsp3) is 0.0714. The van der Waals surface area contributed by atoms with Crippen molar-refractivity contribution in [1.82, 2.24) is 0 Å². The molecule has 0 aliphatic rings. The zero-order valence-corrected chi connectivity index (χ0v) is 12.6. The van der Waals surface area contributed by atoms with Crippen LogP contribution in [0.2, 0.25) is 5.02 Å². The molecule has 0 saturated heterocycles. The molecule has 0 amide bonds. The first kappa shape index (κ1) is 16.2. The van der Waals surface area contributed by atoms with E-state index < -0.39 is 22.4 Å². The van der Waals surface area contributed by atoms with E-state index in [1.807, 2.05) is 6.07 Å². The molecule has 0 aromatic heterocycles. The van der Waals surface area contributed by atoms with Gasteiger partial charge in [-0.1, -0.05) is 23.7 Å². The van der Waals surface area contributed by atoms with E-state index in [0.717, 1.165) is 12.1 Å². The topological polar surface area (TPSA) is 90.2 Å². The van der Waals surface area contributed by atoms with Gasteiger partial charge in [0.1, 0.15) is 11.9 Å². The van der Waals surface area contributed by atoms with Gasteiger partial charge in [-0.05, 0) is 24.3 Å². The molecule has 0 saturated carbocycles. The highest BCUT2D eigenvalue weighted by Gasteiger charge is 2.19. The first-order valence-electron chi connectivity index (χ1n) is 5.99. The van der Waals surface area contributed by atoms with Gasteiger partial charge >= 0.3 is 0 Å². The lowest BCUT2D eigenvalue weighted by Gasteiger charge is -2.12. The Morgan fingerprint density at radius 3 is 2.64 bits per heavy atom. The highest BCUT2D eigenvalue weighted by Crippen LogP contribution is 2.25. The fourth-order valence-electron chi connectivity index (χ4n) is 1.76. The molecule has 0 fully saturated rings. The van der Waals surface area contributed by atoms with E-state index in [0.29, 0.717) is 0 Å². The SMILES string of the molecule is N#Cc1ccc(S(=O)(=O)Nc2c(F)cccc2CO)cc1Cl. The van der Waals surface area contributed by atoms with Crippen LogP contribution in [0.25, 0.3) is 0 Å². The monoisotopic (exact) mass is 340 g/mol. The van der Waals surface area contributed by atoms with Gasteiger partial charge in [-0.3, -0.25) is 4.72 Å². The molecular weight excluding hydrogens is 331 g/mol. The van der Waals surface area contributed by atoms with Crippen molar-refractivity contribution in [3.63, 3.8) is 0 Å². The number of halogens is 2. The van der Waals surface area contributed by atoms with Gasteiger partial charge in [0.2, 0.25) is 0 Å². The highest BCUT2D eigenvalue weighted by molar-refractivity contribution is 7.92.